The molecule has 0 fully saturated rings. The molecule has 7 nitrogen and oxygen atoms in total. The fourth-order valence-electron chi connectivity index (χ4n) is 4.04. The monoisotopic (exact) mass is 391 g/mol. The highest BCUT2D eigenvalue weighted by atomic mass is 16.7. The predicted molar refractivity (Wildman–Crippen MR) is 109 cm³/mol. The van der Waals surface area contributed by atoms with Gasteiger partial charge in [-0.1, -0.05) is 6.07 Å². The highest BCUT2D eigenvalue weighted by Crippen LogP contribution is 2.52. The van der Waals surface area contributed by atoms with Gasteiger partial charge in [0.2, 0.25) is 12.5 Å². The second kappa shape index (κ2) is 6.93. The van der Waals surface area contributed by atoms with E-state index in [4.69, 9.17) is 14.2 Å². The maximum absolute atomic E-state index is 13.1. The first-order valence-electron chi connectivity index (χ1n) is 9.51. The molecule has 1 N–H and O–H groups in total. The van der Waals surface area contributed by atoms with Gasteiger partial charge in [0.1, 0.15) is 0 Å². The van der Waals surface area contributed by atoms with Gasteiger partial charge in [0.05, 0.1) is 18.3 Å². The van der Waals surface area contributed by atoms with Crippen molar-refractivity contribution in [3.8, 4) is 17.2 Å². The lowest BCUT2D eigenvalue weighted by Crippen LogP contribution is -2.28. The van der Waals surface area contributed by atoms with Crippen LogP contribution in [0.5, 0.6) is 17.2 Å². The van der Waals surface area contributed by atoms with Crippen molar-refractivity contribution in [2.24, 2.45) is 0 Å². The number of hydrogen-bond donors (Lipinski definition) is 1. The van der Waals surface area contributed by atoms with Crippen LogP contribution in [0.3, 0.4) is 0 Å². The lowest BCUT2D eigenvalue weighted by atomic mass is 9.95. The Labute approximate surface area is 168 Å². The smallest absolute Gasteiger partial charge is 0.255 e. The molecule has 1 aromatic heterocycles. The third-order valence-electron chi connectivity index (χ3n) is 5.47. The zero-order valence-electron chi connectivity index (χ0n) is 16.3. The van der Waals surface area contributed by atoms with Gasteiger partial charge in [-0.25, -0.2) is 0 Å². The molecule has 3 aromatic rings. The number of benzene rings is 2. The Kier molecular flexibility index (Phi) is 4.24. The summed E-state index contributed by atoms with van der Waals surface area (Å²) in [6, 6.07) is 9.29. The average molecular weight is 391 g/mol. The Bertz CT molecular complexity index is 1130. The number of carbonyl (C=O) groups excluding carboxylic acids is 1. The summed E-state index contributed by atoms with van der Waals surface area (Å²) in [6.45, 7) is 1.72. The van der Waals surface area contributed by atoms with Crippen molar-refractivity contribution in [3.05, 3.63) is 53.2 Å². The van der Waals surface area contributed by atoms with Gasteiger partial charge in [0.15, 0.2) is 11.5 Å². The lowest BCUT2D eigenvalue weighted by Gasteiger charge is -2.29. The number of likely N-dealkylation sites (N-methyl/N-ethyl adjacent to an activating group) is 1. The first kappa shape index (κ1) is 17.8. The van der Waals surface area contributed by atoms with Crippen LogP contribution in [0.25, 0.3) is 10.9 Å². The molecule has 0 bridgehead atoms. The number of nitrogens with zero attached hydrogens (tertiary/aromatic N) is 2. The molecule has 2 aromatic carbocycles. The molecule has 7 heteroatoms. The van der Waals surface area contributed by atoms with Gasteiger partial charge in [0.25, 0.3) is 5.91 Å². The van der Waals surface area contributed by atoms with Gasteiger partial charge in [-0.3, -0.25) is 9.78 Å². The number of pyridine rings is 1. The molecule has 0 radical (unpaired) electrons. The Morgan fingerprint density at radius 3 is 2.93 bits per heavy atom. The SMILES string of the molecule is COc1c2c(c(NC(=O)c3ccc4ncccc4c3)c3c1OCO3)CCN(C)C2. The molecule has 0 spiro atoms. The Balaban J connectivity index is 1.58. The summed E-state index contributed by atoms with van der Waals surface area (Å²) in [6.07, 6.45) is 2.53. The van der Waals surface area contributed by atoms with E-state index in [0.29, 0.717) is 28.5 Å². The fourth-order valence-corrected chi connectivity index (χ4v) is 4.04. The molecule has 0 saturated heterocycles. The lowest BCUT2D eigenvalue weighted by molar-refractivity contribution is 0.102. The third kappa shape index (κ3) is 2.94. The van der Waals surface area contributed by atoms with Crippen LogP contribution in [0, 0.1) is 0 Å². The van der Waals surface area contributed by atoms with E-state index in [1.165, 1.54) is 0 Å². The Morgan fingerprint density at radius 2 is 2.07 bits per heavy atom. The topological polar surface area (TPSA) is 72.9 Å². The number of fused-ring (bicyclic) bond motifs is 3. The molecule has 3 heterocycles. The minimum atomic E-state index is -0.195. The van der Waals surface area contributed by atoms with Crippen LogP contribution >= 0.6 is 0 Å². The number of rotatable bonds is 3. The first-order valence-corrected chi connectivity index (χ1v) is 9.51. The maximum Gasteiger partial charge on any atom is 0.255 e. The first-order chi connectivity index (χ1) is 14.2. The van der Waals surface area contributed by atoms with E-state index in [1.54, 1.807) is 19.4 Å². The van der Waals surface area contributed by atoms with E-state index in [-0.39, 0.29) is 12.7 Å². The fraction of sp³-hybridized carbons (Fsp3) is 0.273. The third-order valence-corrected chi connectivity index (χ3v) is 5.47. The second-order valence-electron chi connectivity index (χ2n) is 7.28. The minimum absolute atomic E-state index is 0.106. The summed E-state index contributed by atoms with van der Waals surface area (Å²) < 4.78 is 17.1. The van der Waals surface area contributed by atoms with Crippen LogP contribution in [0.2, 0.25) is 0 Å². The number of carbonyl (C=O) groups is 1. The molecule has 0 unspecified atom stereocenters. The van der Waals surface area contributed by atoms with E-state index in [9.17, 15) is 4.79 Å². The molecule has 2 aliphatic heterocycles. The second-order valence-corrected chi connectivity index (χ2v) is 7.28. The van der Waals surface area contributed by atoms with Gasteiger partial charge < -0.3 is 24.4 Å². The van der Waals surface area contributed by atoms with E-state index in [0.717, 1.165) is 41.5 Å². The number of nitrogens with one attached hydrogen (secondary N) is 1. The molecule has 5 rings (SSSR count). The van der Waals surface area contributed by atoms with Gasteiger partial charge in [-0.05, 0) is 43.3 Å². The summed E-state index contributed by atoms with van der Waals surface area (Å²) >= 11 is 0. The molecule has 29 heavy (non-hydrogen) atoms. The van der Waals surface area contributed by atoms with Crippen LogP contribution < -0.4 is 19.5 Å². The predicted octanol–water partition coefficient (Wildman–Crippen LogP) is 3.21. The Morgan fingerprint density at radius 1 is 1.21 bits per heavy atom. The van der Waals surface area contributed by atoms with Crippen molar-refractivity contribution in [2.75, 3.05) is 32.8 Å². The van der Waals surface area contributed by atoms with E-state index in [2.05, 4.69) is 22.2 Å². The van der Waals surface area contributed by atoms with E-state index >= 15 is 0 Å². The van der Waals surface area contributed by atoms with E-state index in [1.807, 2.05) is 24.3 Å². The van der Waals surface area contributed by atoms with Gasteiger partial charge in [-0.15, -0.1) is 0 Å². The normalized spacial score (nSPS) is 15.2. The van der Waals surface area contributed by atoms with Crippen molar-refractivity contribution in [2.45, 2.75) is 13.0 Å². The molecule has 2 aliphatic rings. The van der Waals surface area contributed by atoms with Crippen molar-refractivity contribution < 1.29 is 19.0 Å². The number of aromatic nitrogens is 1. The molecule has 1 amide bonds. The highest BCUT2D eigenvalue weighted by molar-refractivity contribution is 6.08. The highest BCUT2D eigenvalue weighted by Gasteiger charge is 2.33. The molecule has 0 aliphatic carbocycles. The van der Waals surface area contributed by atoms with Gasteiger partial charge >= 0.3 is 0 Å². The standard InChI is InChI=1S/C22H21N3O4/c1-25-9-7-15-16(11-25)19(27-2)21-20(28-12-29-21)18(15)24-22(26)14-5-6-17-13(10-14)4-3-8-23-17/h3-6,8,10H,7,9,11-12H2,1-2H3,(H,24,26). The van der Waals surface area contributed by atoms with Crippen molar-refractivity contribution in [1.82, 2.24) is 9.88 Å². The molecular weight excluding hydrogens is 370 g/mol. The summed E-state index contributed by atoms with van der Waals surface area (Å²) in [5, 5.41) is 4.00. The summed E-state index contributed by atoms with van der Waals surface area (Å²) in [4.78, 5) is 19.6. The number of anilines is 1. The van der Waals surface area contributed by atoms with Crippen LogP contribution in [-0.4, -0.2) is 43.3 Å². The van der Waals surface area contributed by atoms with Crippen LogP contribution in [0.4, 0.5) is 5.69 Å². The van der Waals surface area contributed by atoms with E-state index < -0.39 is 0 Å². The minimum Gasteiger partial charge on any atom is -0.492 e. The van der Waals surface area contributed by atoms with Crippen molar-refractivity contribution in [1.29, 1.82) is 0 Å². The quantitative estimate of drug-likeness (QED) is 0.739. The number of hydrogen-bond acceptors (Lipinski definition) is 6. The molecule has 148 valence electrons. The molecular formula is C22H21N3O4. The Hall–Kier alpha value is -3.32. The maximum atomic E-state index is 13.1. The van der Waals surface area contributed by atoms with Crippen LogP contribution in [-0.2, 0) is 13.0 Å². The van der Waals surface area contributed by atoms with Crippen LogP contribution in [0.1, 0.15) is 21.5 Å². The number of amides is 1. The summed E-state index contributed by atoms with van der Waals surface area (Å²) in [5.74, 6) is 1.59. The molecule has 0 saturated carbocycles. The largest absolute Gasteiger partial charge is 0.492 e. The van der Waals surface area contributed by atoms with Gasteiger partial charge in [0, 0.05) is 35.8 Å². The zero-order valence-corrected chi connectivity index (χ0v) is 16.3. The molecule has 0 atom stereocenters. The van der Waals surface area contributed by atoms with Crippen molar-refractivity contribution in [3.63, 3.8) is 0 Å². The van der Waals surface area contributed by atoms with Crippen LogP contribution in [0.15, 0.2) is 36.5 Å². The van der Waals surface area contributed by atoms with Gasteiger partial charge in [-0.2, -0.15) is 0 Å². The zero-order chi connectivity index (χ0) is 20.0. The average Bonchev–Trinajstić information content (AvgIpc) is 3.22. The summed E-state index contributed by atoms with van der Waals surface area (Å²) in [7, 11) is 3.70. The number of ether oxygens (including phenoxy) is 3. The summed E-state index contributed by atoms with van der Waals surface area (Å²) in [5.41, 5.74) is 4.17. The number of methoxy groups -OCH3 is 1. The van der Waals surface area contributed by atoms with Crippen molar-refractivity contribution >= 4 is 22.5 Å².